The van der Waals surface area contributed by atoms with Crippen LogP contribution >= 0.6 is 27.5 Å². The number of hydrogen-bond donors (Lipinski definition) is 2. The summed E-state index contributed by atoms with van der Waals surface area (Å²) in [6, 6.07) is 8.48. The van der Waals surface area contributed by atoms with E-state index in [2.05, 4.69) is 26.6 Å². The first kappa shape index (κ1) is 21.1. The molecule has 1 amide bonds. The van der Waals surface area contributed by atoms with Gasteiger partial charge in [0.05, 0.1) is 20.4 Å². The minimum Gasteiger partial charge on any atom is -0.378 e. The molecule has 27 heavy (non-hydrogen) atoms. The molecule has 0 atom stereocenters. The van der Waals surface area contributed by atoms with Crippen molar-refractivity contribution in [3.8, 4) is 0 Å². The zero-order valence-electron chi connectivity index (χ0n) is 14.0. The van der Waals surface area contributed by atoms with Crippen LogP contribution in [0.5, 0.6) is 0 Å². The summed E-state index contributed by atoms with van der Waals surface area (Å²) in [5.74, 6) is -0.384. The minimum atomic E-state index is -3.56. The van der Waals surface area contributed by atoms with Gasteiger partial charge in [0, 0.05) is 29.9 Å². The Bertz CT molecular complexity index is 998. The summed E-state index contributed by atoms with van der Waals surface area (Å²) in [5, 5.41) is 16.9. The van der Waals surface area contributed by atoms with Crippen LogP contribution in [0.4, 0.5) is 11.4 Å². The fraction of sp³-hybridized carbons (Fsp3) is 0.188. The molecule has 0 unspecified atom stereocenters. The van der Waals surface area contributed by atoms with Crippen LogP contribution < -0.4 is 10.6 Å². The standard InChI is InChI=1S/C16H15BrClN3O5S/c1-27(25,26)11-3-5-14(15(9-11)21(23)24)19-6-7-20-16(22)12-8-10(17)2-4-13(12)18/h2-5,8-9,19H,6-7H2,1H3,(H,20,22). The molecule has 0 fully saturated rings. The maximum atomic E-state index is 12.1. The normalized spacial score (nSPS) is 11.1. The van der Waals surface area contributed by atoms with Crippen molar-refractivity contribution in [2.75, 3.05) is 24.7 Å². The second kappa shape index (κ2) is 8.68. The third-order valence-electron chi connectivity index (χ3n) is 3.49. The highest BCUT2D eigenvalue weighted by Gasteiger charge is 2.18. The Morgan fingerprint density at radius 1 is 1.22 bits per heavy atom. The average molecular weight is 477 g/mol. The van der Waals surface area contributed by atoms with Gasteiger partial charge in [0.25, 0.3) is 11.6 Å². The number of halogens is 2. The summed E-state index contributed by atoms with van der Waals surface area (Å²) < 4.78 is 23.8. The average Bonchev–Trinajstić information content (AvgIpc) is 2.59. The number of nitrogens with zero attached hydrogens (tertiary/aromatic N) is 1. The van der Waals surface area contributed by atoms with Gasteiger partial charge in [-0.05, 0) is 30.3 Å². The third-order valence-corrected chi connectivity index (χ3v) is 5.43. The number of anilines is 1. The first-order valence-electron chi connectivity index (χ1n) is 7.55. The number of carbonyl (C=O) groups is 1. The van der Waals surface area contributed by atoms with Crippen molar-refractivity contribution in [2.45, 2.75) is 4.90 Å². The van der Waals surface area contributed by atoms with E-state index in [9.17, 15) is 23.3 Å². The quantitative estimate of drug-likeness (QED) is 0.360. The van der Waals surface area contributed by atoms with E-state index in [0.29, 0.717) is 15.1 Å². The minimum absolute atomic E-state index is 0.141. The Labute approximate surface area is 169 Å². The van der Waals surface area contributed by atoms with Crippen molar-refractivity contribution in [2.24, 2.45) is 0 Å². The van der Waals surface area contributed by atoms with Crippen molar-refractivity contribution in [3.63, 3.8) is 0 Å². The zero-order valence-corrected chi connectivity index (χ0v) is 17.2. The summed E-state index contributed by atoms with van der Waals surface area (Å²) in [6.07, 6.45) is 0.974. The number of sulfone groups is 1. The maximum Gasteiger partial charge on any atom is 0.293 e. The summed E-state index contributed by atoms with van der Waals surface area (Å²) >= 11 is 9.25. The third kappa shape index (κ3) is 5.65. The molecular formula is C16H15BrClN3O5S. The highest BCUT2D eigenvalue weighted by Crippen LogP contribution is 2.27. The van der Waals surface area contributed by atoms with E-state index in [0.717, 1.165) is 12.3 Å². The maximum absolute atomic E-state index is 12.1. The van der Waals surface area contributed by atoms with Crippen molar-refractivity contribution in [1.82, 2.24) is 5.32 Å². The molecule has 2 N–H and O–H groups in total. The van der Waals surface area contributed by atoms with Gasteiger partial charge in [-0.1, -0.05) is 27.5 Å². The number of nitro groups is 1. The van der Waals surface area contributed by atoms with Gasteiger partial charge in [-0.15, -0.1) is 0 Å². The zero-order chi connectivity index (χ0) is 20.2. The van der Waals surface area contributed by atoms with Crippen molar-refractivity contribution >= 4 is 54.7 Å². The van der Waals surface area contributed by atoms with Gasteiger partial charge in [-0.25, -0.2) is 8.42 Å². The number of hydrogen-bond acceptors (Lipinski definition) is 6. The molecule has 0 aliphatic carbocycles. The molecule has 0 aliphatic rings. The smallest absolute Gasteiger partial charge is 0.293 e. The molecule has 0 heterocycles. The topological polar surface area (TPSA) is 118 Å². The van der Waals surface area contributed by atoms with Gasteiger partial charge in [0.15, 0.2) is 9.84 Å². The molecule has 0 radical (unpaired) electrons. The Morgan fingerprint density at radius 3 is 2.56 bits per heavy atom. The largest absolute Gasteiger partial charge is 0.378 e. The number of nitro benzene ring substituents is 1. The van der Waals surface area contributed by atoms with Gasteiger partial charge in [0.1, 0.15) is 5.69 Å². The molecule has 2 rings (SSSR count). The summed E-state index contributed by atoms with van der Waals surface area (Å²) in [6.45, 7) is 0.364. The first-order chi connectivity index (χ1) is 12.6. The van der Waals surface area contributed by atoms with E-state index in [4.69, 9.17) is 11.6 Å². The molecule has 0 spiro atoms. The Balaban J connectivity index is 2.02. The van der Waals surface area contributed by atoms with Crippen molar-refractivity contribution in [3.05, 3.63) is 61.6 Å². The van der Waals surface area contributed by atoms with Crippen LogP contribution in [0, 0.1) is 10.1 Å². The van der Waals surface area contributed by atoms with Crippen molar-refractivity contribution in [1.29, 1.82) is 0 Å². The van der Waals surface area contributed by atoms with Crippen LogP contribution in [0.1, 0.15) is 10.4 Å². The lowest BCUT2D eigenvalue weighted by molar-refractivity contribution is -0.384. The van der Waals surface area contributed by atoms with E-state index in [1.165, 1.54) is 12.1 Å². The number of carbonyl (C=O) groups excluding carboxylic acids is 1. The summed E-state index contributed by atoms with van der Waals surface area (Å²) in [7, 11) is -3.56. The Morgan fingerprint density at radius 2 is 1.93 bits per heavy atom. The molecule has 11 heteroatoms. The summed E-state index contributed by atoms with van der Waals surface area (Å²) in [4.78, 5) is 22.5. The van der Waals surface area contributed by atoms with Gasteiger partial charge in [0.2, 0.25) is 0 Å². The predicted octanol–water partition coefficient (Wildman–Crippen LogP) is 3.26. The predicted molar refractivity (Wildman–Crippen MR) is 106 cm³/mol. The molecule has 0 bridgehead atoms. The second-order valence-electron chi connectivity index (χ2n) is 5.52. The molecule has 2 aromatic rings. The molecular weight excluding hydrogens is 462 g/mol. The number of benzene rings is 2. The van der Waals surface area contributed by atoms with Crippen molar-refractivity contribution < 1.29 is 18.1 Å². The monoisotopic (exact) mass is 475 g/mol. The van der Waals surface area contributed by atoms with Crippen LogP contribution in [0.15, 0.2) is 45.8 Å². The lowest BCUT2D eigenvalue weighted by Gasteiger charge is -2.10. The van der Waals surface area contributed by atoms with Gasteiger partial charge in [-0.3, -0.25) is 14.9 Å². The molecule has 0 aromatic heterocycles. The fourth-order valence-corrected chi connectivity index (χ4v) is 3.39. The van der Waals surface area contributed by atoms with Gasteiger partial charge < -0.3 is 10.6 Å². The molecule has 0 saturated heterocycles. The number of nitrogens with one attached hydrogen (secondary N) is 2. The first-order valence-corrected chi connectivity index (χ1v) is 10.6. The van der Waals surface area contributed by atoms with Crippen LogP contribution in [-0.2, 0) is 9.84 Å². The SMILES string of the molecule is CS(=O)(=O)c1ccc(NCCNC(=O)c2cc(Br)ccc2Cl)c([N+](=O)[O-])c1. The van der Waals surface area contributed by atoms with E-state index < -0.39 is 14.8 Å². The molecule has 2 aromatic carbocycles. The number of rotatable bonds is 7. The van der Waals surface area contributed by atoms with E-state index in [1.807, 2.05) is 0 Å². The highest BCUT2D eigenvalue weighted by molar-refractivity contribution is 9.10. The van der Waals surface area contributed by atoms with Crippen LogP contribution in [0.25, 0.3) is 0 Å². The Kier molecular flexibility index (Phi) is 6.79. The fourth-order valence-electron chi connectivity index (χ4n) is 2.18. The Hall–Kier alpha value is -2.17. The highest BCUT2D eigenvalue weighted by atomic mass is 79.9. The summed E-state index contributed by atoms with van der Waals surface area (Å²) in [5.41, 5.74) is 0.0935. The van der Waals surface area contributed by atoms with E-state index in [1.54, 1.807) is 18.2 Å². The van der Waals surface area contributed by atoms with Gasteiger partial charge >= 0.3 is 0 Å². The molecule has 0 aliphatic heterocycles. The van der Waals surface area contributed by atoms with Crippen LogP contribution in [0.3, 0.4) is 0 Å². The van der Waals surface area contributed by atoms with E-state index >= 15 is 0 Å². The molecule has 0 saturated carbocycles. The lowest BCUT2D eigenvalue weighted by atomic mass is 10.2. The lowest BCUT2D eigenvalue weighted by Crippen LogP contribution is -2.29. The molecule has 144 valence electrons. The van der Waals surface area contributed by atoms with Crippen LogP contribution in [0.2, 0.25) is 5.02 Å². The van der Waals surface area contributed by atoms with Crippen LogP contribution in [-0.4, -0.2) is 38.6 Å². The van der Waals surface area contributed by atoms with E-state index in [-0.39, 0.29) is 35.3 Å². The van der Waals surface area contributed by atoms with Gasteiger partial charge in [-0.2, -0.15) is 0 Å². The second-order valence-corrected chi connectivity index (χ2v) is 8.85. The number of amides is 1. The molecule has 8 nitrogen and oxygen atoms in total.